The molecule has 1 nitrogen and oxygen atoms in total. The molecule has 1 rings (SSSR count). The van der Waals surface area contributed by atoms with Gasteiger partial charge in [0.05, 0.1) is 0 Å². The molecule has 12 heavy (non-hydrogen) atoms. The minimum absolute atomic E-state index is 0. The number of phenols is 1. The van der Waals surface area contributed by atoms with Crippen LogP contribution in [0.4, 0.5) is 0 Å². The Bertz CT molecular complexity index is 256. The summed E-state index contributed by atoms with van der Waals surface area (Å²) in [5, 5.41) is 9.35. The molecule has 1 N–H and O–H groups in total. The van der Waals surface area contributed by atoms with E-state index in [0.29, 0.717) is 11.7 Å². The smallest absolute Gasteiger partial charge is 0.118 e. The average molecular weight is 190 g/mol. The van der Waals surface area contributed by atoms with Gasteiger partial charge in [-0.15, -0.1) is 0 Å². The van der Waals surface area contributed by atoms with Crippen molar-refractivity contribution in [3.05, 3.63) is 29.3 Å². The van der Waals surface area contributed by atoms with Crippen LogP contribution in [0.15, 0.2) is 18.2 Å². The summed E-state index contributed by atoms with van der Waals surface area (Å²) in [6.07, 6.45) is 0. The Morgan fingerprint density at radius 2 is 1.83 bits per heavy atom. The average Bonchev–Trinajstić information content (AvgIpc) is 1.94. The monoisotopic (exact) mass is 190 g/mol. The Morgan fingerprint density at radius 3 is 2.25 bits per heavy atom. The van der Waals surface area contributed by atoms with Crippen LogP contribution >= 0.6 is 0 Å². The van der Waals surface area contributed by atoms with Crippen LogP contribution in [0.1, 0.15) is 30.9 Å². The van der Waals surface area contributed by atoms with E-state index in [1.165, 1.54) is 5.56 Å². The fourth-order valence-corrected chi connectivity index (χ4v) is 1.27. The zero-order valence-corrected chi connectivity index (χ0v) is 10.2. The molecule has 0 heterocycles. The van der Waals surface area contributed by atoms with Gasteiger partial charge in [-0.05, 0) is 30.0 Å². The van der Waals surface area contributed by atoms with E-state index in [0.717, 1.165) is 5.56 Å². The first-order chi connectivity index (χ1) is 5.13. The third-order valence-corrected chi connectivity index (χ3v) is 1.97. The number of hydrogen-bond donors (Lipinski definition) is 1. The first-order valence-corrected chi connectivity index (χ1v) is 3.91. The van der Waals surface area contributed by atoms with Crippen molar-refractivity contribution in [2.24, 2.45) is 0 Å². The maximum Gasteiger partial charge on any atom is 0.118 e. The molecule has 1 aromatic rings. The Morgan fingerprint density at radius 1 is 1.25 bits per heavy atom. The van der Waals surface area contributed by atoms with E-state index in [9.17, 15) is 5.11 Å². The normalized spacial score (nSPS) is 9.67. The summed E-state index contributed by atoms with van der Waals surface area (Å²) < 4.78 is 0. The van der Waals surface area contributed by atoms with E-state index in [1.807, 2.05) is 13.0 Å². The van der Waals surface area contributed by atoms with Gasteiger partial charge in [-0.3, -0.25) is 0 Å². The molecule has 62 valence electrons. The minimum atomic E-state index is 0. The SMILES string of the molecule is Cc1c(O)cccc1C(C)C.[Ca]. The van der Waals surface area contributed by atoms with Gasteiger partial charge in [0.2, 0.25) is 0 Å². The van der Waals surface area contributed by atoms with E-state index < -0.39 is 0 Å². The first kappa shape index (κ1) is 12.3. The molecule has 0 aliphatic heterocycles. The topological polar surface area (TPSA) is 20.2 Å². The maximum atomic E-state index is 9.35. The molecule has 0 saturated carbocycles. The Labute approximate surface area is 104 Å². The second kappa shape index (κ2) is 5.11. The fourth-order valence-electron chi connectivity index (χ4n) is 1.27. The standard InChI is InChI=1S/C10H14O.Ca/c1-7(2)9-5-4-6-10(11)8(9)3;/h4-7,11H,1-3H3;. The summed E-state index contributed by atoms with van der Waals surface area (Å²) in [6, 6.07) is 5.67. The molecule has 0 saturated heterocycles. The predicted octanol–water partition coefficient (Wildman–Crippen LogP) is 2.44. The molecule has 2 heteroatoms. The van der Waals surface area contributed by atoms with Crippen molar-refractivity contribution in [3.63, 3.8) is 0 Å². The Hall–Kier alpha value is 0.280. The molecule has 2 radical (unpaired) electrons. The van der Waals surface area contributed by atoms with Crippen molar-refractivity contribution in [2.45, 2.75) is 26.7 Å². The molecular weight excluding hydrogens is 176 g/mol. The molecular formula is C10H14CaO. The van der Waals surface area contributed by atoms with Crippen molar-refractivity contribution in [2.75, 3.05) is 0 Å². The second-order valence-electron chi connectivity index (χ2n) is 3.15. The van der Waals surface area contributed by atoms with Gasteiger partial charge in [0, 0.05) is 37.7 Å². The summed E-state index contributed by atoms with van der Waals surface area (Å²) in [6.45, 7) is 6.20. The molecule has 0 unspecified atom stereocenters. The van der Waals surface area contributed by atoms with E-state index in [4.69, 9.17) is 0 Å². The molecule has 0 spiro atoms. The van der Waals surface area contributed by atoms with Gasteiger partial charge in [-0.2, -0.15) is 0 Å². The summed E-state index contributed by atoms with van der Waals surface area (Å²) in [4.78, 5) is 0. The number of hydrogen-bond acceptors (Lipinski definition) is 1. The number of rotatable bonds is 1. The van der Waals surface area contributed by atoms with Crippen LogP contribution in [0.3, 0.4) is 0 Å². The van der Waals surface area contributed by atoms with Crippen molar-refractivity contribution >= 4 is 37.7 Å². The van der Waals surface area contributed by atoms with Crippen LogP contribution < -0.4 is 0 Å². The van der Waals surface area contributed by atoms with Gasteiger partial charge in [0.1, 0.15) is 5.75 Å². The largest absolute Gasteiger partial charge is 0.508 e. The van der Waals surface area contributed by atoms with Gasteiger partial charge in [-0.1, -0.05) is 26.0 Å². The zero-order valence-electron chi connectivity index (χ0n) is 7.96. The van der Waals surface area contributed by atoms with Gasteiger partial charge in [0.15, 0.2) is 0 Å². The van der Waals surface area contributed by atoms with Crippen molar-refractivity contribution in [1.82, 2.24) is 0 Å². The molecule has 0 amide bonds. The van der Waals surface area contributed by atoms with Crippen LogP contribution in [0.5, 0.6) is 5.75 Å². The van der Waals surface area contributed by atoms with Gasteiger partial charge < -0.3 is 5.11 Å². The number of aromatic hydroxyl groups is 1. The first-order valence-electron chi connectivity index (χ1n) is 3.91. The summed E-state index contributed by atoms with van der Waals surface area (Å²) in [7, 11) is 0. The summed E-state index contributed by atoms with van der Waals surface area (Å²) in [5.41, 5.74) is 2.23. The summed E-state index contributed by atoms with van der Waals surface area (Å²) in [5.74, 6) is 0.887. The molecule has 0 bridgehead atoms. The number of phenolic OH excluding ortho intramolecular Hbond substituents is 1. The van der Waals surface area contributed by atoms with Crippen molar-refractivity contribution in [3.8, 4) is 5.75 Å². The molecule has 0 aliphatic rings. The van der Waals surface area contributed by atoms with Crippen LogP contribution in [0, 0.1) is 6.92 Å². The van der Waals surface area contributed by atoms with E-state index in [2.05, 4.69) is 19.9 Å². The van der Waals surface area contributed by atoms with Crippen molar-refractivity contribution in [1.29, 1.82) is 0 Å². The molecule has 0 fully saturated rings. The van der Waals surface area contributed by atoms with Crippen LogP contribution in [0.25, 0.3) is 0 Å². The maximum absolute atomic E-state index is 9.35. The Balaban J connectivity index is 0.00000121. The molecule has 0 aromatic heterocycles. The van der Waals surface area contributed by atoms with Gasteiger partial charge in [-0.25, -0.2) is 0 Å². The third-order valence-electron chi connectivity index (χ3n) is 1.97. The summed E-state index contributed by atoms with van der Waals surface area (Å²) >= 11 is 0. The third kappa shape index (κ3) is 2.65. The van der Waals surface area contributed by atoms with E-state index in [-0.39, 0.29) is 37.7 Å². The molecule has 0 aliphatic carbocycles. The van der Waals surface area contributed by atoms with E-state index in [1.54, 1.807) is 6.07 Å². The molecule has 1 aromatic carbocycles. The van der Waals surface area contributed by atoms with E-state index >= 15 is 0 Å². The van der Waals surface area contributed by atoms with Crippen molar-refractivity contribution < 1.29 is 5.11 Å². The molecule has 0 atom stereocenters. The fraction of sp³-hybridized carbons (Fsp3) is 0.400. The van der Waals surface area contributed by atoms with Gasteiger partial charge >= 0.3 is 0 Å². The van der Waals surface area contributed by atoms with Crippen LogP contribution in [-0.2, 0) is 0 Å². The Kier molecular flexibility index (Phi) is 5.22. The predicted molar refractivity (Wildman–Crippen MR) is 52.7 cm³/mol. The van der Waals surface area contributed by atoms with Crippen LogP contribution in [-0.4, -0.2) is 42.8 Å². The van der Waals surface area contributed by atoms with Crippen LogP contribution in [0.2, 0.25) is 0 Å². The minimum Gasteiger partial charge on any atom is -0.508 e. The quantitative estimate of drug-likeness (QED) is 0.674. The van der Waals surface area contributed by atoms with Gasteiger partial charge in [0.25, 0.3) is 0 Å². The second-order valence-corrected chi connectivity index (χ2v) is 3.15. The number of benzene rings is 1. The zero-order chi connectivity index (χ0) is 8.43.